The first-order chi connectivity index (χ1) is 5.13. The van der Waals surface area contributed by atoms with Crippen LogP contribution < -0.4 is 0 Å². The van der Waals surface area contributed by atoms with Crippen molar-refractivity contribution in [1.82, 2.24) is 0 Å². The van der Waals surface area contributed by atoms with Gasteiger partial charge in [-0.2, -0.15) is 0 Å². The lowest BCUT2D eigenvalue weighted by Gasteiger charge is -1.82. The highest BCUT2D eigenvalue weighted by Crippen LogP contribution is 1.92. The second-order valence-electron chi connectivity index (χ2n) is 1.87. The molecule has 0 aromatic heterocycles. The van der Waals surface area contributed by atoms with Gasteiger partial charge in [0.1, 0.15) is 0 Å². The molecule has 0 amide bonds. The van der Waals surface area contributed by atoms with Crippen molar-refractivity contribution in [3.63, 3.8) is 0 Å². The van der Waals surface area contributed by atoms with Crippen LogP contribution in [0.15, 0.2) is 30.3 Å². The molecule has 0 spiro atoms. The van der Waals surface area contributed by atoms with Gasteiger partial charge in [-0.1, -0.05) is 35.9 Å². The summed E-state index contributed by atoms with van der Waals surface area (Å²) in [4.78, 5) is 0. The zero-order chi connectivity index (χ0) is 8.69. The molecule has 1 rings (SSSR count). The van der Waals surface area contributed by atoms with Gasteiger partial charge in [-0.05, 0) is 6.92 Å². The molecule has 0 heterocycles. The van der Waals surface area contributed by atoms with Crippen molar-refractivity contribution >= 4 is 20.6 Å². The fraction of sp³-hybridized carbons (Fsp3) is 0.143. The van der Waals surface area contributed by atoms with Crippen LogP contribution >= 0.6 is 10.7 Å². The SMILES string of the molecule is Cc1ccccc1.O=[SH](=O)Cl. The van der Waals surface area contributed by atoms with E-state index in [1.807, 2.05) is 18.2 Å². The predicted molar refractivity (Wildman–Crippen MR) is 47.3 cm³/mol. The standard InChI is InChI=1S/C7H8.ClHO2S/c1-7-5-3-2-4-6-7;1-4(2)3/h2-6H,1H3;4H. The number of halogens is 1. The predicted octanol–water partition coefficient (Wildman–Crippen LogP) is 1.75. The lowest BCUT2D eigenvalue weighted by Crippen LogP contribution is -1.62. The van der Waals surface area contributed by atoms with Gasteiger partial charge in [-0.3, -0.25) is 0 Å². The topological polar surface area (TPSA) is 34.1 Å². The average molecular weight is 193 g/mol. The third kappa shape index (κ3) is 9.46. The van der Waals surface area contributed by atoms with E-state index in [0.717, 1.165) is 0 Å². The Kier molecular flexibility index (Phi) is 5.88. The minimum Gasteiger partial charge on any atom is -0.215 e. The van der Waals surface area contributed by atoms with Gasteiger partial charge in [-0.15, -0.1) is 0 Å². The number of thiol groups is 1. The molecule has 11 heavy (non-hydrogen) atoms. The lowest BCUT2D eigenvalue weighted by atomic mass is 10.2. The molecule has 0 unspecified atom stereocenters. The van der Waals surface area contributed by atoms with Gasteiger partial charge in [-0.25, -0.2) is 8.42 Å². The van der Waals surface area contributed by atoms with Gasteiger partial charge in [0.15, 0.2) is 0 Å². The Morgan fingerprint density at radius 3 is 1.73 bits per heavy atom. The van der Waals surface area contributed by atoms with Crippen molar-refractivity contribution in [1.29, 1.82) is 0 Å². The van der Waals surface area contributed by atoms with E-state index in [1.54, 1.807) is 0 Å². The Hall–Kier alpha value is -0.540. The first-order valence-electron chi connectivity index (χ1n) is 2.94. The summed E-state index contributed by atoms with van der Waals surface area (Å²) in [7, 11) is 1.58. The Balaban J connectivity index is 0.000000218. The van der Waals surface area contributed by atoms with Crippen molar-refractivity contribution < 1.29 is 8.42 Å². The van der Waals surface area contributed by atoms with E-state index in [2.05, 4.69) is 29.7 Å². The number of benzene rings is 1. The Morgan fingerprint density at radius 2 is 1.55 bits per heavy atom. The summed E-state index contributed by atoms with van der Waals surface area (Å²) in [6.45, 7) is 2.08. The molecule has 1 aromatic carbocycles. The summed E-state index contributed by atoms with van der Waals surface area (Å²) < 4.78 is 17.6. The molecule has 0 aliphatic rings. The molecule has 0 bridgehead atoms. The van der Waals surface area contributed by atoms with Crippen molar-refractivity contribution in [2.75, 3.05) is 0 Å². The maximum atomic E-state index is 8.80. The van der Waals surface area contributed by atoms with Crippen molar-refractivity contribution in [2.24, 2.45) is 0 Å². The summed E-state index contributed by atoms with van der Waals surface area (Å²) >= 11 is 0. The van der Waals surface area contributed by atoms with Crippen LogP contribution in [0.2, 0.25) is 0 Å². The molecule has 0 saturated carbocycles. The maximum Gasteiger partial charge on any atom is 0.222 e. The number of aryl methyl sites for hydroxylation is 1. The first-order valence-corrected chi connectivity index (χ1v) is 5.03. The van der Waals surface area contributed by atoms with Crippen molar-refractivity contribution in [3.05, 3.63) is 35.9 Å². The Labute approximate surface area is 72.3 Å². The fourth-order valence-electron chi connectivity index (χ4n) is 0.534. The van der Waals surface area contributed by atoms with Crippen LogP contribution in [-0.4, -0.2) is 8.42 Å². The van der Waals surface area contributed by atoms with Gasteiger partial charge in [0.25, 0.3) is 0 Å². The van der Waals surface area contributed by atoms with Crippen molar-refractivity contribution in [2.45, 2.75) is 6.92 Å². The normalized spacial score (nSPS) is 8.64. The maximum absolute atomic E-state index is 8.80. The van der Waals surface area contributed by atoms with Crippen molar-refractivity contribution in [3.8, 4) is 0 Å². The summed E-state index contributed by atoms with van der Waals surface area (Å²) in [5.74, 6) is 0. The number of hydrogen-bond donors (Lipinski definition) is 1. The molecular formula is C7H9ClO2S. The highest BCUT2D eigenvalue weighted by atomic mass is 35.7. The van der Waals surface area contributed by atoms with Crippen LogP contribution in [0.1, 0.15) is 5.56 Å². The second-order valence-corrected chi connectivity index (χ2v) is 3.12. The van der Waals surface area contributed by atoms with Crippen LogP contribution in [0, 0.1) is 6.92 Å². The summed E-state index contributed by atoms with van der Waals surface area (Å²) in [6.07, 6.45) is 0. The smallest absolute Gasteiger partial charge is 0.215 e. The van der Waals surface area contributed by atoms with E-state index < -0.39 is 9.92 Å². The molecular weight excluding hydrogens is 184 g/mol. The second kappa shape index (κ2) is 6.19. The van der Waals surface area contributed by atoms with E-state index in [1.165, 1.54) is 5.56 Å². The van der Waals surface area contributed by atoms with E-state index in [9.17, 15) is 0 Å². The van der Waals surface area contributed by atoms with Gasteiger partial charge in [0.2, 0.25) is 9.92 Å². The van der Waals surface area contributed by atoms with Crippen LogP contribution in [-0.2, 0) is 9.92 Å². The minimum atomic E-state index is -2.65. The molecule has 0 saturated heterocycles. The molecule has 2 nitrogen and oxygen atoms in total. The molecule has 0 N–H and O–H groups in total. The monoisotopic (exact) mass is 192 g/mol. The number of hydrogen-bond acceptors (Lipinski definition) is 2. The molecule has 0 aliphatic heterocycles. The summed E-state index contributed by atoms with van der Waals surface area (Å²) in [5.41, 5.74) is 1.32. The molecule has 4 heteroatoms. The zero-order valence-corrected chi connectivity index (χ0v) is 7.68. The third-order valence-corrected chi connectivity index (χ3v) is 0.940. The fourth-order valence-corrected chi connectivity index (χ4v) is 0.534. The van der Waals surface area contributed by atoms with Crippen LogP contribution in [0.3, 0.4) is 0 Å². The third-order valence-electron chi connectivity index (χ3n) is 0.940. The zero-order valence-electron chi connectivity index (χ0n) is 6.03. The first kappa shape index (κ1) is 10.5. The minimum absolute atomic E-state index is 1.32. The average Bonchev–Trinajstić information content (AvgIpc) is 1.87. The highest BCUT2D eigenvalue weighted by molar-refractivity contribution is 7.98. The molecule has 0 radical (unpaired) electrons. The largest absolute Gasteiger partial charge is 0.222 e. The highest BCUT2D eigenvalue weighted by Gasteiger charge is 1.72. The summed E-state index contributed by atoms with van der Waals surface area (Å²) in [5, 5.41) is 0. The van der Waals surface area contributed by atoms with Gasteiger partial charge in [0.05, 0.1) is 0 Å². The van der Waals surface area contributed by atoms with Gasteiger partial charge < -0.3 is 0 Å². The van der Waals surface area contributed by atoms with Crippen LogP contribution in [0.25, 0.3) is 0 Å². The van der Waals surface area contributed by atoms with E-state index >= 15 is 0 Å². The quantitative estimate of drug-likeness (QED) is 0.502. The molecule has 0 atom stereocenters. The molecule has 62 valence electrons. The Bertz CT molecular complexity index is 248. The molecule has 0 fully saturated rings. The summed E-state index contributed by atoms with van der Waals surface area (Å²) in [6, 6.07) is 10.3. The van der Waals surface area contributed by atoms with E-state index in [-0.39, 0.29) is 0 Å². The lowest BCUT2D eigenvalue weighted by molar-refractivity contribution is 0.626. The number of rotatable bonds is 0. The molecule has 0 aliphatic carbocycles. The Morgan fingerprint density at radius 1 is 1.18 bits per heavy atom. The van der Waals surface area contributed by atoms with Gasteiger partial charge in [0, 0.05) is 10.7 Å². The van der Waals surface area contributed by atoms with E-state index in [4.69, 9.17) is 8.42 Å². The van der Waals surface area contributed by atoms with Crippen LogP contribution in [0.4, 0.5) is 0 Å². The van der Waals surface area contributed by atoms with E-state index in [0.29, 0.717) is 0 Å². The molecule has 1 aromatic rings. The van der Waals surface area contributed by atoms with Crippen LogP contribution in [0.5, 0.6) is 0 Å². The van der Waals surface area contributed by atoms with Gasteiger partial charge >= 0.3 is 0 Å².